The first kappa shape index (κ1) is 21.5. The molecule has 0 spiro atoms. The summed E-state index contributed by atoms with van der Waals surface area (Å²) in [5, 5.41) is 3.90. The highest BCUT2D eigenvalue weighted by molar-refractivity contribution is 7.98. The number of carbonyl (C=O) groups is 1. The van der Waals surface area contributed by atoms with Crippen LogP contribution in [0.1, 0.15) is 36.3 Å². The second-order valence-electron chi connectivity index (χ2n) is 7.44. The van der Waals surface area contributed by atoms with Crippen LogP contribution in [0.2, 0.25) is 5.02 Å². The van der Waals surface area contributed by atoms with Gasteiger partial charge in [-0.1, -0.05) is 35.9 Å². The highest BCUT2D eigenvalue weighted by atomic mass is 35.5. The van der Waals surface area contributed by atoms with E-state index in [2.05, 4.69) is 21.1 Å². The van der Waals surface area contributed by atoms with Gasteiger partial charge in [-0.15, -0.1) is 0 Å². The lowest BCUT2D eigenvalue weighted by Gasteiger charge is -2.22. The molecule has 2 N–H and O–H groups in total. The van der Waals surface area contributed by atoms with Crippen LogP contribution in [-0.4, -0.2) is 32.5 Å². The molecule has 0 bridgehead atoms. The molecule has 0 aliphatic rings. The maximum absolute atomic E-state index is 13.2. The maximum Gasteiger partial charge on any atom is 0.223 e. The number of hydrogen-bond acceptors (Lipinski definition) is 3. The molecule has 7 heteroatoms. The lowest BCUT2D eigenvalue weighted by Crippen LogP contribution is -2.31. The summed E-state index contributed by atoms with van der Waals surface area (Å²) in [6, 6.07) is 19.3. The van der Waals surface area contributed by atoms with E-state index in [4.69, 9.17) is 16.6 Å². The lowest BCUT2D eigenvalue weighted by molar-refractivity contribution is -0.122. The number of nitrogens with one attached hydrogen (secondary N) is 2. The third-order valence-electron chi connectivity index (χ3n) is 5.30. The molecular weight excluding hydrogens is 428 g/mol. The molecule has 4 rings (SSSR count). The second kappa shape index (κ2) is 10.1. The first-order chi connectivity index (χ1) is 15.1. The molecule has 2 aromatic carbocycles. The van der Waals surface area contributed by atoms with Gasteiger partial charge in [0.2, 0.25) is 5.91 Å². The Morgan fingerprint density at radius 1 is 1.13 bits per heavy atom. The molecule has 0 aliphatic heterocycles. The molecule has 5 nitrogen and oxygen atoms in total. The van der Waals surface area contributed by atoms with Crippen molar-refractivity contribution in [2.45, 2.75) is 24.9 Å². The Bertz CT molecular complexity index is 1090. The summed E-state index contributed by atoms with van der Waals surface area (Å²) in [4.78, 5) is 21.2. The lowest BCUT2D eigenvalue weighted by atomic mass is 10.0. The molecule has 31 heavy (non-hydrogen) atoms. The maximum atomic E-state index is 13.2. The summed E-state index contributed by atoms with van der Waals surface area (Å²) < 4.78 is 2.06. The Hall–Kier alpha value is -2.70. The summed E-state index contributed by atoms with van der Waals surface area (Å²) in [5.41, 5.74) is 2.93. The molecule has 1 amide bonds. The third kappa shape index (κ3) is 5.32. The van der Waals surface area contributed by atoms with Gasteiger partial charge in [0.25, 0.3) is 0 Å². The standard InChI is InChI=1S/C24H25ClN4OS/c1-31-15-12-21(24-27-19-6-2-3-7-20(19)28-24)26-23(30)16-22(29-13-4-5-14-29)17-8-10-18(25)11-9-17/h2-11,13-14,21-22H,12,15-16H2,1H3,(H,26,30)(H,27,28). The fourth-order valence-electron chi connectivity index (χ4n) is 3.72. The Morgan fingerprint density at radius 2 is 1.87 bits per heavy atom. The van der Waals surface area contributed by atoms with Crippen LogP contribution >= 0.6 is 23.4 Å². The van der Waals surface area contributed by atoms with Gasteiger partial charge in [-0.3, -0.25) is 4.79 Å². The predicted octanol–water partition coefficient (Wildman–Crippen LogP) is 5.61. The number of aromatic amines is 1. The Labute approximate surface area is 191 Å². The van der Waals surface area contributed by atoms with E-state index < -0.39 is 0 Å². The fraction of sp³-hybridized carbons (Fsp3) is 0.250. The van der Waals surface area contributed by atoms with Crippen molar-refractivity contribution in [3.63, 3.8) is 0 Å². The minimum absolute atomic E-state index is 0.0137. The second-order valence-corrected chi connectivity index (χ2v) is 8.86. The molecule has 160 valence electrons. The largest absolute Gasteiger partial charge is 0.346 e. The van der Waals surface area contributed by atoms with Gasteiger partial charge < -0.3 is 14.9 Å². The van der Waals surface area contributed by atoms with Crippen LogP contribution < -0.4 is 5.32 Å². The van der Waals surface area contributed by atoms with E-state index in [1.54, 1.807) is 11.8 Å². The number of halogens is 1. The number of hydrogen-bond donors (Lipinski definition) is 2. The van der Waals surface area contributed by atoms with Gasteiger partial charge in [-0.05, 0) is 60.4 Å². The van der Waals surface area contributed by atoms with Gasteiger partial charge >= 0.3 is 0 Å². The minimum Gasteiger partial charge on any atom is -0.346 e. The van der Waals surface area contributed by atoms with Crippen molar-refractivity contribution in [2.24, 2.45) is 0 Å². The summed E-state index contributed by atoms with van der Waals surface area (Å²) in [7, 11) is 0. The van der Waals surface area contributed by atoms with E-state index in [-0.39, 0.29) is 18.0 Å². The van der Waals surface area contributed by atoms with Gasteiger partial charge in [-0.2, -0.15) is 11.8 Å². The van der Waals surface area contributed by atoms with Crippen molar-refractivity contribution >= 4 is 40.3 Å². The van der Waals surface area contributed by atoms with Crippen LogP contribution in [-0.2, 0) is 4.79 Å². The number of fused-ring (bicyclic) bond motifs is 1. The topological polar surface area (TPSA) is 62.7 Å². The fourth-order valence-corrected chi connectivity index (χ4v) is 4.31. The third-order valence-corrected chi connectivity index (χ3v) is 6.20. The number of rotatable bonds is 9. The van der Waals surface area contributed by atoms with E-state index >= 15 is 0 Å². The molecule has 4 aromatic rings. The quantitative estimate of drug-likeness (QED) is 0.347. The minimum atomic E-state index is -0.164. The van der Waals surface area contributed by atoms with Crippen LogP contribution in [0.25, 0.3) is 11.0 Å². The van der Waals surface area contributed by atoms with Crippen molar-refractivity contribution in [1.82, 2.24) is 19.9 Å². The number of para-hydroxylation sites is 2. The van der Waals surface area contributed by atoms with Crippen LogP contribution in [0, 0.1) is 0 Å². The molecule has 2 unspecified atom stereocenters. The van der Waals surface area contributed by atoms with E-state index in [0.29, 0.717) is 11.4 Å². The monoisotopic (exact) mass is 452 g/mol. The van der Waals surface area contributed by atoms with E-state index in [9.17, 15) is 4.79 Å². The number of aromatic nitrogens is 3. The Morgan fingerprint density at radius 3 is 2.58 bits per heavy atom. The first-order valence-corrected chi connectivity index (χ1v) is 12.0. The van der Waals surface area contributed by atoms with E-state index in [0.717, 1.165) is 34.6 Å². The number of thioether (sulfide) groups is 1. The zero-order valence-electron chi connectivity index (χ0n) is 17.3. The first-order valence-electron chi connectivity index (χ1n) is 10.2. The zero-order valence-corrected chi connectivity index (χ0v) is 18.9. The van der Waals surface area contributed by atoms with Crippen molar-refractivity contribution < 1.29 is 4.79 Å². The number of benzene rings is 2. The number of nitrogens with zero attached hydrogens (tertiary/aromatic N) is 2. The van der Waals surface area contributed by atoms with Crippen molar-refractivity contribution in [3.05, 3.63) is 89.5 Å². The molecule has 0 radical (unpaired) electrons. The summed E-state index contributed by atoms with van der Waals surface area (Å²) in [5.74, 6) is 1.72. The van der Waals surface area contributed by atoms with E-state index in [1.165, 1.54) is 0 Å². The zero-order chi connectivity index (χ0) is 21.6. The van der Waals surface area contributed by atoms with Gasteiger partial charge in [0.1, 0.15) is 5.82 Å². The normalized spacial score (nSPS) is 13.2. The average Bonchev–Trinajstić information content (AvgIpc) is 3.45. The molecule has 0 aliphatic carbocycles. The molecule has 2 heterocycles. The van der Waals surface area contributed by atoms with Crippen molar-refractivity contribution in [1.29, 1.82) is 0 Å². The van der Waals surface area contributed by atoms with Gasteiger partial charge in [0, 0.05) is 17.4 Å². The van der Waals surface area contributed by atoms with Gasteiger partial charge in [0.15, 0.2) is 0 Å². The SMILES string of the molecule is CSCCC(NC(=O)CC(c1ccc(Cl)cc1)n1cccc1)c1nc2ccccc2[nH]1. The van der Waals surface area contributed by atoms with Crippen molar-refractivity contribution in [2.75, 3.05) is 12.0 Å². The van der Waals surface area contributed by atoms with Crippen LogP contribution in [0.15, 0.2) is 73.1 Å². The highest BCUT2D eigenvalue weighted by Gasteiger charge is 2.22. The summed E-state index contributed by atoms with van der Waals surface area (Å²) >= 11 is 7.83. The summed E-state index contributed by atoms with van der Waals surface area (Å²) in [6.07, 6.45) is 7.17. The molecule has 2 aromatic heterocycles. The molecule has 0 saturated heterocycles. The summed E-state index contributed by atoms with van der Waals surface area (Å²) in [6.45, 7) is 0. The molecule has 0 fully saturated rings. The predicted molar refractivity (Wildman–Crippen MR) is 129 cm³/mol. The molecular formula is C24H25ClN4OS. The van der Waals surface area contributed by atoms with Crippen LogP contribution in [0.3, 0.4) is 0 Å². The number of amides is 1. The van der Waals surface area contributed by atoms with Gasteiger partial charge in [-0.25, -0.2) is 4.98 Å². The number of H-pyrrole nitrogens is 1. The Balaban J connectivity index is 1.54. The molecule has 0 saturated carbocycles. The van der Waals surface area contributed by atoms with Crippen LogP contribution in [0.5, 0.6) is 0 Å². The number of carbonyl (C=O) groups excluding carboxylic acids is 1. The van der Waals surface area contributed by atoms with Crippen molar-refractivity contribution in [3.8, 4) is 0 Å². The Kier molecular flexibility index (Phi) is 6.99. The smallest absolute Gasteiger partial charge is 0.223 e. The molecule has 2 atom stereocenters. The van der Waals surface area contributed by atoms with E-state index in [1.807, 2.05) is 73.1 Å². The highest BCUT2D eigenvalue weighted by Crippen LogP contribution is 2.25. The van der Waals surface area contributed by atoms with Gasteiger partial charge in [0.05, 0.1) is 29.5 Å². The van der Waals surface area contributed by atoms with Crippen LogP contribution in [0.4, 0.5) is 0 Å². The number of imidazole rings is 1. The average molecular weight is 453 g/mol.